The van der Waals surface area contributed by atoms with Crippen LogP contribution in [0.25, 0.3) is 0 Å². The van der Waals surface area contributed by atoms with Crippen molar-refractivity contribution in [1.29, 1.82) is 0 Å². The van der Waals surface area contributed by atoms with Crippen LogP contribution >= 0.6 is 7.82 Å². The second-order valence-corrected chi connectivity index (χ2v) is 20.0. The molecule has 2 bridgehead atoms. The van der Waals surface area contributed by atoms with Crippen LogP contribution in [-0.4, -0.2) is 137 Å². The second-order valence-electron chi connectivity index (χ2n) is 17.4. The lowest BCUT2D eigenvalue weighted by atomic mass is 9.93. The van der Waals surface area contributed by atoms with Crippen LogP contribution < -0.4 is 5.73 Å². The molecule has 0 aromatic heterocycles. The number of phosphoric acid groups is 1. The van der Waals surface area contributed by atoms with Gasteiger partial charge in [0, 0.05) is 33.0 Å². The molecule has 7 atom stereocenters. The Labute approximate surface area is 375 Å². The number of ether oxygens (including phenoxy) is 6. The average Bonchev–Trinajstić information content (AvgIpc) is 3.48. The number of esters is 3. The Bertz CT molecular complexity index is 1510. The lowest BCUT2D eigenvalue weighted by Gasteiger charge is -2.38. The van der Waals surface area contributed by atoms with Gasteiger partial charge in [0.05, 0.1) is 40.0 Å². The maximum absolute atomic E-state index is 12.5. The van der Waals surface area contributed by atoms with Crippen molar-refractivity contribution in [3.8, 4) is 0 Å². The Balaban J connectivity index is 1.63. The molecule has 2 aliphatic rings. The van der Waals surface area contributed by atoms with Crippen LogP contribution in [0.3, 0.4) is 0 Å². The van der Waals surface area contributed by atoms with E-state index in [-0.39, 0.29) is 31.4 Å². The highest BCUT2D eigenvalue weighted by atomic mass is 32.3. The summed E-state index contributed by atoms with van der Waals surface area (Å²) in [6.07, 6.45) is 19.6. The highest BCUT2D eigenvalue weighted by Crippen LogP contribution is 2.46. The maximum atomic E-state index is 12.5. The predicted molar refractivity (Wildman–Crippen MR) is 232 cm³/mol. The Morgan fingerprint density at radius 1 is 0.825 bits per heavy atom. The van der Waals surface area contributed by atoms with E-state index in [2.05, 4.69) is 4.18 Å². The molecule has 2 aliphatic heterocycles. The van der Waals surface area contributed by atoms with Gasteiger partial charge in [-0.2, -0.15) is 8.42 Å². The zero-order valence-electron chi connectivity index (χ0n) is 38.3. The molecule has 2 saturated heterocycles. The first-order valence-electron chi connectivity index (χ1n) is 22.6. The number of allylic oxidation sites excluding steroid dienone is 1. The molecule has 3 unspecified atom stereocenters. The van der Waals surface area contributed by atoms with Gasteiger partial charge in [0.25, 0.3) is 0 Å². The Kier molecular flexibility index (Phi) is 27.4. The molecule has 21 heteroatoms. The number of carbonyl (C=O) groups excluding carboxylic acids is 3. The molecule has 19 nitrogen and oxygen atoms in total. The predicted octanol–water partition coefficient (Wildman–Crippen LogP) is 6.21. The first-order chi connectivity index (χ1) is 29.7. The fraction of sp³-hybridized carbons (Fsp3) is 0.881. The number of fused-ring (bicyclic) bond motifs is 2. The summed E-state index contributed by atoms with van der Waals surface area (Å²) in [5.41, 5.74) is 5.60. The normalized spacial score (nSPS) is 22.1. The molecule has 0 aliphatic carbocycles. The minimum atomic E-state index is -4.51. The summed E-state index contributed by atoms with van der Waals surface area (Å²) in [5, 5.41) is 0. The minimum absolute atomic E-state index is 0.0218. The molecule has 0 spiro atoms. The summed E-state index contributed by atoms with van der Waals surface area (Å²) in [7, 11) is -3.22. The molecule has 4 N–H and O–H groups in total. The van der Waals surface area contributed by atoms with Crippen molar-refractivity contribution in [2.45, 2.75) is 179 Å². The van der Waals surface area contributed by atoms with Crippen molar-refractivity contribution in [3.05, 3.63) is 12.2 Å². The number of nitrogens with two attached hydrogens (primary N) is 1. The van der Waals surface area contributed by atoms with Gasteiger partial charge in [0.2, 0.25) is 5.79 Å². The van der Waals surface area contributed by atoms with Crippen LogP contribution in [0.2, 0.25) is 0 Å². The molecule has 0 aromatic carbocycles. The number of hydrogen-bond donors (Lipinski definition) is 3. The Hall–Kier alpha value is -2.07. The highest BCUT2D eigenvalue weighted by molar-refractivity contribution is 7.80. The number of likely N-dealkylation sites (N-methyl/N-ethyl adjacent to an activating group) is 1. The fourth-order valence-electron chi connectivity index (χ4n) is 7.31. The molecule has 2 fully saturated rings. The highest BCUT2D eigenvalue weighted by Gasteiger charge is 2.56. The monoisotopic (exact) mass is 945 g/mol. The van der Waals surface area contributed by atoms with E-state index in [4.69, 9.17) is 47.8 Å². The minimum Gasteiger partial charge on any atom is -0.462 e. The number of hydrogen-bond acceptors (Lipinski definition) is 16. The van der Waals surface area contributed by atoms with Crippen molar-refractivity contribution in [3.63, 3.8) is 0 Å². The van der Waals surface area contributed by atoms with E-state index < -0.39 is 67.6 Å². The van der Waals surface area contributed by atoms with E-state index in [1.807, 2.05) is 21.1 Å². The number of nitrogens with zero attached hydrogens (tertiary/aromatic N) is 1. The van der Waals surface area contributed by atoms with Crippen LogP contribution in [0.15, 0.2) is 12.2 Å². The Morgan fingerprint density at radius 2 is 1.44 bits per heavy atom. The van der Waals surface area contributed by atoms with Crippen LogP contribution in [0, 0.1) is 0 Å². The number of carbonyl (C=O) groups is 3. The molecule has 63 heavy (non-hydrogen) atoms. The number of quaternary nitrogens is 1. The second kappa shape index (κ2) is 30.3. The number of unbranched alkanes of at least 4 members (excludes halogenated alkanes) is 14. The summed E-state index contributed by atoms with van der Waals surface area (Å²) in [4.78, 5) is 45.9. The van der Waals surface area contributed by atoms with E-state index in [0.29, 0.717) is 36.9 Å². The lowest BCUT2D eigenvalue weighted by molar-refractivity contribution is -0.870. The first-order valence-corrected chi connectivity index (χ1v) is 25.5. The molecular weight excluding hydrogens is 868 g/mol. The number of phosphoric ester groups is 1. The van der Waals surface area contributed by atoms with Crippen LogP contribution in [-0.2, 0) is 71.0 Å². The zero-order valence-corrected chi connectivity index (χ0v) is 40.0. The molecule has 0 saturated carbocycles. The molecule has 0 amide bonds. The first kappa shape index (κ1) is 57.1. The van der Waals surface area contributed by atoms with Gasteiger partial charge in [-0.1, -0.05) is 83.1 Å². The van der Waals surface area contributed by atoms with Gasteiger partial charge < -0.3 is 43.5 Å². The largest absolute Gasteiger partial charge is 0.472 e. The van der Waals surface area contributed by atoms with Crippen LogP contribution in [0.1, 0.15) is 142 Å². The topological polar surface area (TPSA) is 252 Å². The maximum Gasteiger partial charge on any atom is 0.472 e. The van der Waals surface area contributed by atoms with Crippen molar-refractivity contribution in [2.24, 2.45) is 5.73 Å². The van der Waals surface area contributed by atoms with E-state index >= 15 is 0 Å². The van der Waals surface area contributed by atoms with Crippen molar-refractivity contribution < 1.29 is 82.9 Å². The zero-order chi connectivity index (χ0) is 46.8. The molecule has 2 rings (SSSR count). The Morgan fingerprint density at radius 3 is 2.05 bits per heavy atom. The van der Waals surface area contributed by atoms with Gasteiger partial charge in [-0.25, -0.2) is 13.5 Å². The SMILES string of the molecule is CC(=O)OCC(COP(=O)(O)OCC[N+](C)(C)C)OC(=O)/C=C/CCCCC[C@H]1O[C@@]2(CCCCCCCCCCCCCCOC(N)COS(=O)(=O)O)O[C@H]1CC[C@@H]2OC(C)=O. The third-order valence-corrected chi connectivity index (χ3v) is 12.0. The third kappa shape index (κ3) is 27.9. The van der Waals surface area contributed by atoms with Crippen molar-refractivity contribution in [1.82, 2.24) is 0 Å². The van der Waals surface area contributed by atoms with E-state index in [1.165, 1.54) is 45.6 Å². The standard InChI is InChI=1S/C42H77N2O17PS/c1-34(45)54-31-36(32-56-62(48,49)55-30-28-44(3,4)5)59-41(47)24-20-16-14-15-19-23-37-38-25-26-39(58-35(2)46)42(60-37,61-38)27-21-17-12-10-8-6-7-9-11-13-18-22-29-53-40(43)33-57-63(50,51)52/h20,24,36-40H,6-19,21-23,25-33,43H2,1-5H3,(H-,48,49,50,51,52)/p+1/b24-20+/t36?,37-,38+,39+,40?,42+/m1/s1. The van der Waals surface area contributed by atoms with E-state index in [9.17, 15) is 32.3 Å². The van der Waals surface area contributed by atoms with Gasteiger partial charge >= 0.3 is 36.1 Å². The lowest BCUT2D eigenvalue weighted by Crippen LogP contribution is -2.49. The van der Waals surface area contributed by atoms with Gasteiger partial charge in [-0.15, -0.1) is 0 Å². The van der Waals surface area contributed by atoms with Crippen molar-refractivity contribution in [2.75, 3.05) is 60.7 Å². The summed E-state index contributed by atoms with van der Waals surface area (Å²) in [6.45, 7) is 2.19. The van der Waals surface area contributed by atoms with E-state index in [1.54, 1.807) is 6.08 Å². The van der Waals surface area contributed by atoms with Crippen LogP contribution in [0.5, 0.6) is 0 Å². The molecule has 0 radical (unpaired) electrons. The quantitative estimate of drug-likeness (QED) is 0.00915. The van der Waals surface area contributed by atoms with E-state index in [0.717, 1.165) is 83.5 Å². The summed E-state index contributed by atoms with van der Waals surface area (Å²) < 4.78 is 91.1. The third-order valence-electron chi connectivity index (χ3n) is 10.6. The molecule has 368 valence electrons. The van der Waals surface area contributed by atoms with Gasteiger partial charge in [-0.3, -0.25) is 23.2 Å². The smallest absolute Gasteiger partial charge is 0.462 e. The summed E-state index contributed by atoms with van der Waals surface area (Å²) >= 11 is 0. The molecule has 2 heterocycles. The summed E-state index contributed by atoms with van der Waals surface area (Å²) in [6, 6.07) is 0. The van der Waals surface area contributed by atoms with Gasteiger partial charge in [0.15, 0.2) is 12.2 Å². The van der Waals surface area contributed by atoms with Gasteiger partial charge in [0.1, 0.15) is 32.6 Å². The molecular formula is C42H78N2O17PS+. The number of rotatable bonds is 37. The average molecular weight is 946 g/mol. The summed E-state index contributed by atoms with van der Waals surface area (Å²) in [5.74, 6) is -2.56. The fourth-order valence-corrected chi connectivity index (χ4v) is 8.36. The van der Waals surface area contributed by atoms with Crippen LogP contribution in [0.4, 0.5) is 0 Å². The van der Waals surface area contributed by atoms with Gasteiger partial charge in [-0.05, 0) is 44.9 Å². The molecule has 0 aromatic rings. The van der Waals surface area contributed by atoms with Crippen molar-refractivity contribution >= 4 is 36.1 Å².